The molecule has 0 saturated carbocycles. The lowest BCUT2D eigenvalue weighted by atomic mass is 10.2. The van der Waals surface area contributed by atoms with Gasteiger partial charge >= 0.3 is 5.97 Å². The van der Waals surface area contributed by atoms with Crippen LogP contribution in [-0.4, -0.2) is 30.4 Å². The van der Waals surface area contributed by atoms with Crippen LogP contribution >= 0.6 is 0 Å². The number of anilines is 1. The number of esters is 1. The molecule has 0 amide bonds. The minimum absolute atomic E-state index is 0.184. The molecule has 0 heterocycles. The third-order valence-electron chi connectivity index (χ3n) is 2.31. The highest BCUT2D eigenvalue weighted by molar-refractivity contribution is 5.91. The van der Waals surface area contributed by atoms with Gasteiger partial charge in [0, 0.05) is 6.42 Å². The Morgan fingerprint density at radius 3 is 2.78 bits per heavy atom. The fourth-order valence-corrected chi connectivity index (χ4v) is 1.37. The van der Waals surface area contributed by atoms with Gasteiger partial charge in [0.2, 0.25) is 0 Å². The van der Waals surface area contributed by atoms with E-state index < -0.39 is 12.1 Å². The van der Waals surface area contributed by atoms with Crippen LogP contribution in [0.15, 0.2) is 18.2 Å². The molecule has 1 unspecified atom stereocenters. The van der Waals surface area contributed by atoms with Crippen molar-refractivity contribution in [2.75, 3.05) is 18.9 Å². The molecule has 1 aromatic carbocycles. The third-order valence-corrected chi connectivity index (χ3v) is 2.31. The van der Waals surface area contributed by atoms with Crippen molar-refractivity contribution in [2.24, 2.45) is 0 Å². The van der Waals surface area contributed by atoms with Crippen molar-refractivity contribution < 1.29 is 19.4 Å². The Kier molecular flexibility index (Phi) is 5.45. The fourth-order valence-electron chi connectivity index (χ4n) is 1.37. The molecular formula is C13H19NO4. The van der Waals surface area contributed by atoms with E-state index in [0.29, 0.717) is 30.0 Å². The number of ether oxygens (including phenoxy) is 2. The Labute approximate surface area is 107 Å². The van der Waals surface area contributed by atoms with E-state index in [-0.39, 0.29) is 6.61 Å². The molecule has 0 aromatic heterocycles. The summed E-state index contributed by atoms with van der Waals surface area (Å²) in [7, 11) is 0. The predicted molar refractivity (Wildman–Crippen MR) is 68.6 cm³/mol. The van der Waals surface area contributed by atoms with Crippen LogP contribution in [0.3, 0.4) is 0 Å². The van der Waals surface area contributed by atoms with E-state index in [4.69, 9.17) is 20.3 Å². The number of rotatable bonds is 6. The summed E-state index contributed by atoms with van der Waals surface area (Å²) in [5.74, 6) is 0.100. The van der Waals surface area contributed by atoms with E-state index in [2.05, 4.69) is 0 Å². The summed E-state index contributed by atoms with van der Waals surface area (Å²) in [5, 5.41) is 9.05. The Bertz CT molecular complexity index is 404. The monoisotopic (exact) mass is 253 g/mol. The summed E-state index contributed by atoms with van der Waals surface area (Å²) in [6, 6.07) is 4.77. The highest BCUT2D eigenvalue weighted by Gasteiger charge is 2.10. The zero-order chi connectivity index (χ0) is 13.5. The summed E-state index contributed by atoms with van der Waals surface area (Å²) < 4.78 is 10.3. The van der Waals surface area contributed by atoms with Crippen molar-refractivity contribution in [2.45, 2.75) is 26.4 Å². The summed E-state index contributed by atoms with van der Waals surface area (Å²) >= 11 is 0. The van der Waals surface area contributed by atoms with Gasteiger partial charge in [0.05, 0.1) is 30.6 Å². The minimum Gasteiger partial charge on any atom is -0.492 e. The molecule has 1 atom stereocenters. The van der Waals surface area contributed by atoms with Crippen LogP contribution in [0.1, 0.15) is 30.6 Å². The van der Waals surface area contributed by atoms with Gasteiger partial charge in [0.1, 0.15) is 5.75 Å². The smallest absolute Gasteiger partial charge is 0.338 e. The third kappa shape index (κ3) is 4.25. The first-order chi connectivity index (χ1) is 8.54. The highest BCUT2D eigenvalue weighted by atomic mass is 16.5. The number of carbonyl (C=O) groups excluding carboxylic acids is 1. The lowest BCUT2D eigenvalue weighted by Crippen LogP contribution is -2.11. The maximum absolute atomic E-state index is 11.6. The molecule has 1 rings (SSSR count). The van der Waals surface area contributed by atoms with Gasteiger partial charge in [0.25, 0.3) is 0 Å². The summed E-state index contributed by atoms with van der Waals surface area (Å²) in [5.41, 5.74) is 6.53. The number of aliphatic hydroxyl groups excluding tert-OH is 1. The zero-order valence-electron chi connectivity index (χ0n) is 10.7. The van der Waals surface area contributed by atoms with Crippen molar-refractivity contribution in [3.63, 3.8) is 0 Å². The van der Waals surface area contributed by atoms with E-state index in [1.54, 1.807) is 19.1 Å². The van der Waals surface area contributed by atoms with Gasteiger partial charge in [-0.15, -0.1) is 0 Å². The van der Waals surface area contributed by atoms with E-state index in [1.165, 1.54) is 6.07 Å². The molecule has 5 heteroatoms. The molecule has 3 N–H and O–H groups in total. The molecule has 18 heavy (non-hydrogen) atoms. The molecule has 0 aliphatic carbocycles. The minimum atomic E-state index is -0.483. The van der Waals surface area contributed by atoms with Gasteiger partial charge < -0.3 is 20.3 Å². The number of hydrogen-bond donors (Lipinski definition) is 2. The number of benzene rings is 1. The molecule has 0 radical (unpaired) electrons. The molecule has 0 spiro atoms. The molecule has 100 valence electrons. The van der Waals surface area contributed by atoms with Gasteiger partial charge in [-0.1, -0.05) is 0 Å². The second-order valence-corrected chi connectivity index (χ2v) is 3.96. The molecular weight excluding hydrogens is 234 g/mol. The Morgan fingerprint density at radius 1 is 1.50 bits per heavy atom. The molecule has 0 fully saturated rings. The first-order valence-electron chi connectivity index (χ1n) is 5.92. The van der Waals surface area contributed by atoms with E-state index in [1.807, 2.05) is 6.92 Å². The molecule has 0 bridgehead atoms. The number of nitrogen functional groups attached to an aromatic ring is 1. The van der Waals surface area contributed by atoms with Gasteiger partial charge in [-0.3, -0.25) is 0 Å². The first-order valence-corrected chi connectivity index (χ1v) is 5.92. The average molecular weight is 253 g/mol. The summed E-state index contributed by atoms with van der Waals surface area (Å²) in [6.45, 7) is 4.20. The van der Waals surface area contributed by atoms with Crippen LogP contribution in [0.2, 0.25) is 0 Å². The SMILES string of the molecule is CCOc1ccc(C(=O)OCCC(C)O)cc1N. The molecule has 0 aliphatic rings. The van der Waals surface area contributed by atoms with E-state index >= 15 is 0 Å². The van der Waals surface area contributed by atoms with Gasteiger partial charge in [-0.05, 0) is 32.0 Å². The Morgan fingerprint density at radius 2 is 2.22 bits per heavy atom. The number of nitrogens with two attached hydrogens (primary N) is 1. The van der Waals surface area contributed by atoms with Crippen LogP contribution in [0, 0.1) is 0 Å². The molecule has 0 aliphatic heterocycles. The lowest BCUT2D eigenvalue weighted by molar-refractivity contribution is 0.0444. The Balaban J connectivity index is 2.61. The first kappa shape index (κ1) is 14.3. The highest BCUT2D eigenvalue weighted by Crippen LogP contribution is 2.22. The molecule has 0 saturated heterocycles. The molecule has 5 nitrogen and oxygen atoms in total. The normalized spacial score (nSPS) is 11.9. The van der Waals surface area contributed by atoms with Crippen molar-refractivity contribution in [3.05, 3.63) is 23.8 Å². The van der Waals surface area contributed by atoms with Crippen molar-refractivity contribution in [1.29, 1.82) is 0 Å². The predicted octanol–water partition coefficient (Wildman–Crippen LogP) is 1.60. The average Bonchev–Trinajstić information content (AvgIpc) is 2.31. The standard InChI is InChI=1S/C13H19NO4/c1-3-17-12-5-4-10(8-11(12)14)13(16)18-7-6-9(2)15/h4-5,8-9,15H,3,6-7,14H2,1-2H3. The van der Waals surface area contributed by atoms with E-state index in [0.717, 1.165) is 0 Å². The number of carbonyl (C=O) groups is 1. The fraction of sp³-hybridized carbons (Fsp3) is 0.462. The largest absolute Gasteiger partial charge is 0.492 e. The van der Waals surface area contributed by atoms with Crippen LogP contribution in [0.4, 0.5) is 5.69 Å². The van der Waals surface area contributed by atoms with Crippen LogP contribution in [0.25, 0.3) is 0 Å². The Hall–Kier alpha value is -1.75. The maximum atomic E-state index is 11.6. The number of aliphatic hydroxyl groups is 1. The van der Waals surface area contributed by atoms with Crippen molar-refractivity contribution in [3.8, 4) is 5.75 Å². The van der Waals surface area contributed by atoms with Crippen LogP contribution in [0.5, 0.6) is 5.75 Å². The second kappa shape index (κ2) is 6.86. The van der Waals surface area contributed by atoms with Crippen LogP contribution < -0.4 is 10.5 Å². The van der Waals surface area contributed by atoms with Crippen molar-refractivity contribution >= 4 is 11.7 Å². The topological polar surface area (TPSA) is 81.8 Å². The summed E-state index contributed by atoms with van der Waals surface area (Å²) in [4.78, 5) is 11.6. The second-order valence-electron chi connectivity index (χ2n) is 3.96. The van der Waals surface area contributed by atoms with Gasteiger partial charge in [-0.2, -0.15) is 0 Å². The quantitative estimate of drug-likeness (QED) is 0.594. The van der Waals surface area contributed by atoms with Gasteiger partial charge in [-0.25, -0.2) is 4.79 Å². The van der Waals surface area contributed by atoms with Gasteiger partial charge in [0.15, 0.2) is 0 Å². The summed E-state index contributed by atoms with van der Waals surface area (Å²) in [6.07, 6.45) is -0.0682. The lowest BCUT2D eigenvalue weighted by Gasteiger charge is -2.09. The van der Waals surface area contributed by atoms with Crippen LogP contribution in [-0.2, 0) is 4.74 Å². The number of hydrogen-bond acceptors (Lipinski definition) is 5. The zero-order valence-corrected chi connectivity index (χ0v) is 10.7. The maximum Gasteiger partial charge on any atom is 0.338 e. The van der Waals surface area contributed by atoms with E-state index in [9.17, 15) is 4.79 Å². The van der Waals surface area contributed by atoms with Crippen molar-refractivity contribution in [1.82, 2.24) is 0 Å². The molecule has 1 aromatic rings.